The van der Waals surface area contributed by atoms with Crippen LogP contribution in [0.5, 0.6) is 11.5 Å². The predicted molar refractivity (Wildman–Crippen MR) is 111 cm³/mol. The van der Waals surface area contributed by atoms with Gasteiger partial charge in [-0.05, 0) is 36.4 Å². The molecule has 0 amide bonds. The molecule has 1 heterocycles. The highest BCUT2D eigenvalue weighted by molar-refractivity contribution is 5.88. The molecule has 0 spiro atoms. The number of hydrogen-bond acceptors (Lipinski definition) is 6. The minimum absolute atomic E-state index is 0.00801. The molecule has 0 bridgehead atoms. The van der Waals surface area contributed by atoms with Crippen LogP contribution < -0.4 is 9.47 Å². The smallest absolute Gasteiger partial charge is 0.335 e. The van der Waals surface area contributed by atoms with Crippen LogP contribution in [0.4, 0.5) is 5.69 Å². The van der Waals surface area contributed by atoms with E-state index < -0.39 is 10.9 Å². The van der Waals surface area contributed by atoms with E-state index in [0.29, 0.717) is 17.1 Å². The lowest BCUT2D eigenvalue weighted by molar-refractivity contribution is -0.385. The Hall–Kier alpha value is -4.40. The SMILES string of the molecule is O=C(O)c1ccc(OCc2nc3ccccc3[nH]2)c(OCc2ccccc2[N+](=O)[O-])c1. The summed E-state index contributed by atoms with van der Waals surface area (Å²) in [4.78, 5) is 29.7. The Morgan fingerprint density at radius 1 is 1.00 bits per heavy atom. The van der Waals surface area contributed by atoms with Crippen molar-refractivity contribution < 1.29 is 24.3 Å². The average molecular weight is 419 g/mol. The normalized spacial score (nSPS) is 10.7. The largest absolute Gasteiger partial charge is 0.485 e. The van der Waals surface area contributed by atoms with Gasteiger partial charge in [0.1, 0.15) is 19.0 Å². The summed E-state index contributed by atoms with van der Waals surface area (Å²) in [7, 11) is 0. The molecular weight excluding hydrogens is 402 g/mol. The van der Waals surface area contributed by atoms with Gasteiger partial charge in [0.25, 0.3) is 5.69 Å². The van der Waals surface area contributed by atoms with Crippen molar-refractivity contribution in [2.45, 2.75) is 13.2 Å². The molecule has 156 valence electrons. The molecule has 0 aliphatic carbocycles. The molecule has 9 heteroatoms. The molecule has 0 radical (unpaired) electrons. The Morgan fingerprint density at radius 2 is 1.74 bits per heavy atom. The maximum Gasteiger partial charge on any atom is 0.335 e. The fourth-order valence-electron chi connectivity index (χ4n) is 3.06. The lowest BCUT2D eigenvalue weighted by atomic mass is 10.2. The maximum absolute atomic E-state index is 11.4. The van der Waals surface area contributed by atoms with Gasteiger partial charge in [-0.1, -0.05) is 24.3 Å². The van der Waals surface area contributed by atoms with Gasteiger partial charge < -0.3 is 19.6 Å². The average Bonchev–Trinajstić information content (AvgIpc) is 3.19. The molecule has 0 aliphatic rings. The fourth-order valence-corrected chi connectivity index (χ4v) is 3.06. The number of ether oxygens (including phenoxy) is 2. The van der Waals surface area contributed by atoms with Gasteiger partial charge in [-0.25, -0.2) is 9.78 Å². The molecule has 2 N–H and O–H groups in total. The van der Waals surface area contributed by atoms with Crippen LogP contribution in [-0.2, 0) is 13.2 Å². The highest BCUT2D eigenvalue weighted by atomic mass is 16.6. The van der Waals surface area contributed by atoms with E-state index in [1.807, 2.05) is 24.3 Å². The number of nitro benzene ring substituents is 1. The molecule has 4 aromatic rings. The van der Waals surface area contributed by atoms with Crippen molar-refractivity contribution in [3.8, 4) is 11.5 Å². The van der Waals surface area contributed by atoms with Crippen LogP contribution in [-0.4, -0.2) is 26.0 Å². The summed E-state index contributed by atoms with van der Waals surface area (Å²) in [5, 5.41) is 20.5. The quantitative estimate of drug-likeness (QED) is 0.321. The summed E-state index contributed by atoms with van der Waals surface area (Å²) >= 11 is 0. The Labute approximate surface area is 176 Å². The standard InChI is InChI=1S/C22H17N3O6/c26-22(27)14-9-10-19(31-13-21-23-16-6-2-3-7-17(16)24-21)20(11-14)30-12-15-5-1-4-8-18(15)25(28)29/h1-11H,12-13H2,(H,23,24)(H,26,27). The van der Waals surface area contributed by atoms with Crippen molar-refractivity contribution >= 4 is 22.7 Å². The molecular formula is C22H17N3O6. The van der Waals surface area contributed by atoms with Crippen LogP contribution in [0.1, 0.15) is 21.7 Å². The zero-order valence-electron chi connectivity index (χ0n) is 16.1. The molecule has 0 saturated carbocycles. The van der Waals surface area contributed by atoms with Crippen LogP contribution in [0, 0.1) is 10.1 Å². The lowest BCUT2D eigenvalue weighted by Gasteiger charge is -2.13. The number of nitro groups is 1. The Balaban J connectivity index is 1.56. The number of aromatic carboxylic acids is 1. The van der Waals surface area contributed by atoms with Crippen LogP contribution in [0.25, 0.3) is 11.0 Å². The third-order valence-corrected chi connectivity index (χ3v) is 4.56. The molecule has 0 atom stereocenters. The Kier molecular flexibility index (Phi) is 5.48. The van der Waals surface area contributed by atoms with Gasteiger partial charge in [0.05, 0.1) is 27.1 Å². The van der Waals surface area contributed by atoms with Crippen molar-refractivity contribution in [2.75, 3.05) is 0 Å². The summed E-state index contributed by atoms with van der Waals surface area (Å²) in [6, 6.07) is 17.9. The van der Waals surface area contributed by atoms with Crippen molar-refractivity contribution in [3.63, 3.8) is 0 Å². The Bertz CT molecular complexity index is 1230. The minimum atomic E-state index is -1.13. The maximum atomic E-state index is 11.4. The second-order valence-electron chi connectivity index (χ2n) is 6.63. The van der Waals surface area contributed by atoms with Crippen molar-refractivity contribution in [3.05, 3.63) is 93.8 Å². The first-order valence-electron chi connectivity index (χ1n) is 9.30. The summed E-state index contributed by atoms with van der Waals surface area (Å²) < 4.78 is 11.5. The number of fused-ring (bicyclic) bond motifs is 1. The first kappa shape index (κ1) is 19.9. The number of benzene rings is 3. The molecule has 9 nitrogen and oxygen atoms in total. The van der Waals surface area contributed by atoms with E-state index in [-0.39, 0.29) is 30.2 Å². The first-order valence-corrected chi connectivity index (χ1v) is 9.30. The number of imidazole rings is 1. The number of carboxylic acid groups (broad SMARTS) is 1. The summed E-state index contributed by atoms with van der Waals surface area (Å²) in [5.41, 5.74) is 1.96. The van der Waals surface area contributed by atoms with Gasteiger partial charge in [0, 0.05) is 6.07 Å². The number of hydrogen-bond donors (Lipinski definition) is 2. The fraction of sp³-hybridized carbons (Fsp3) is 0.0909. The second kappa shape index (κ2) is 8.54. The summed E-state index contributed by atoms with van der Waals surface area (Å²) in [5.74, 6) is -0.0780. The molecule has 0 saturated heterocycles. The molecule has 4 rings (SSSR count). The zero-order chi connectivity index (χ0) is 21.8. The van der Waals surface area contributed by atoms with Crippen molar-refractivity contribution in [1.82, 2.24) is 9.97 Å². The van der Waals surface area contributed by atoms with Crippen LogP contribution >= 0.6 is 0 Å². The number of carboxylic acids is 1. The number of para-hydroxylation sites is 3. The molecule has 31 heavy (non-hydrogen) atoms. The highest BCUT2D eigenvalue weighted by Gasteiger charge is 2.16. The van der Waals surface area contributed by atoms with Gasteiger partial charge >= 0.3 is 5.97 Å². The van der Waals surface area contributed by atoms with E-state index in [1.54, 1.807) is 18.2 Å². The number of rotatable bonds is 8. The van der Waals surface area contributed by atoms with Crippen LogP contribution in [0.3, 0.4) is 0 Å². The zero-order valence-corrected chi connectivity index (χ0v) is 16.1. The minimum Gasteiger partial charge on any atom is -0.485 e. The van der Waals surface area contributed by atoms with Crippen molar-refractivity contribution in [2.24, 2.45) is 0 Å². The van der Waals surface area contributed by atoms with E-state index >= 15 is 0 Å². The van der Waals surface area contributed by atoms with Gasteiger partial charge in [-0.3, -0.25) is 10.1 Å². The van der Waals surface area contributed by atoms with Crippen LogP contribution in [0.2, 0.25) is 0 Å². The van der Waals surface area contributed by atoms with E-state index in [4.69, 9.17) is 9.47 Å². The molecule has 0 aliphatic heterocycles. The van der Waals surface area contributed by atoms with Gasteiger partial charge in [-0.15, -0.1) is 0 Å². The lowest BCUT2D eigenvalue weighted by Crippen LogP contribution is -2.05. The highest BCUT2D eigenvalue weighted by Crippen LogP contribution is 2.31. The van der Waals surface area contributed by atoms with Crippen molar-refractivity contribution in [1.29, 1.82) is 0 Å². The van der Waals surface area contributed by atoms with Crippen LogP contribution in [0.15, 0.2) is 66.7 Å². The predicted octanol–water partition coefficient (Wildman–Crippen LogP) is 4.33. The van der Waals surface area contributed by atoms with Gasteiger partial charge in [0.2, 0.25) is 0 Å². The third-order valence-electron chi connectivity index (χ3n) is 4.56. The molecule has 0 fully saturated rings. The number of H-pyrrole nitrogens is 1. The van der Waals surface area contributed by atoms with E-state index in [1.165, 1.54) is 24.3 Å². The van der Waals surface area contributed by atoms with E-state index in [2.05, 4.69) is 9.97 Å². The van der Waals surface area contributed by atoms with E-state index in [9.17, 15) is 20.0 Å². The van der Waals surface area contributed by atoms with E-state index in [0.717, 1.165) is 11.0 Å². The number of carbonyl (C=O) groups is 1. The molecule has 3 aromatic carbocycles. The Morgan fingerprint density at radius 3 is 2.52 bits per heavy atom. The topological polar surface area (TPSA) is 128 Å². The number of nitrogens with one attached hydrogen (secondary N) is 1. The second-order valence-corrected chi connectivity index (χ2v) is 6.63. The first-order chi connectivity index (χ1) is 15.0. The number of aromatic amines is 1. The van der Waals surface area contributed by atoms with Gasteiger partial charge in [0.15, 0.2) is 11.5 Å². The monoisotopic (exact) mass is 419 g/mol. The summed E-state index contributed by atoms with van der Waals surface area (Å²) in [6.07, 6.45) is 0. The summed E-state index contributed by atoms with van der Waals surface area (Å²) in [6.45, 7) is -0.0236. The number of aromatic nitrogens is 2. The van der Waals surface area contributed by atoms with Gasteiger partial charge in [-0.2, -0.15) is 0 Å². The third kappa shape index (κ3) is 4.45. The molecule has 0 unspecified atom stereocenters. The number of nitrogens with zero attached hydrogens (tertiary/aromatic N) is 2. The molecule has 1 aromatic heterocycles.